The number of benzene rings is 1. The number of hydrogen-bond acceptors (Lipinski definition) is 4. The number of carbonyl (C=O) groups is 1. The van der Waals surface area contributed by atoms with Gasteiger partial charge in [0.05, 0.1) is 16.0 Å². The number of rotatable bonds is 3. The van der Waals surface area contributed by atoms with Crippen molar-refractivity contribution in [1.29, 1.82) is 0 Å². The first-order valence-corrected chi connectivity index (χ1v) is 7.20. The average Bonchev–Trinajstić information content (AvgIpc) is 2.41. The molecule has 1 aliphatic heterocycles. The van der Waals surface area contributed by atoms with Crippen molar-refractivity contribution in [3.05, 3.63) is 37.9 Å². The summed E-state index contributed by atoms with van der Waals surface area (Å²) in [5.41, 5.74) is -0.259. The van der Waals surface area contributed by atoms with Gasteiger partial charge < -0.3 is 10.1 Å². The molecular formula is C13H14Cl2N2O4. The molecule has 2 rings (SSSR count). The molecule has 0 spiro atoms. The SMILES string of the molecule is CC1CC(NC(=O)c2cc(Cl)c(Cl)c([N+](=O)[O-])c2)CCO1. The number of amides is 1. The zero-order chi connectivity index (χ0) is 15.6. The van der Waals surface area contributed by atoms with E-state index in [4.69, 9.17) is 27.9 Å². The van der Waals surface area contributed by atoms with Crippen LogP contribution in [0, 0.1) is 10.1 Å². The van der Waals surface area contributed by atoms with Crippen LogP contribution in [0.25, 0.3) is 0 Å². The average molecular weight is 333 g/mol. The van der Waals surface area contributed by atoms with Gasteiger partial charge in [-0.3, -0.25) is 14.9 Å². The van der Waals surface area contributed by atoms with Crippen molar-refractivity contribution < 1.29 is 14.5 Å². The van der Waals surface area contributed by atoms with Gasteiger partial charge in [-0.25, -0.2) is 0 Å². The van der Waals surface area contributed by atoms with Gasteiger partial charge in [-0.1, -0.05) is 23.2 Å². The van der Waals surface area contributed by atoms with Gasteiger partial charge in [0, 0.05) is 24.3 Å². The third-order valence-electron chi connectivity index (χ3n) is 3.29. The summed E-state index contributed by atoms with van der Waals surface area (Å²) in [5, 5.41) is 13.5. The quantitative estimate of drug-likeness (QED) is 0.680. The molecule has 1 heterocycles. The maximum atomic E-state index is 12.2. The Balaban J connectivity index is 2.17. The minimum absolute atomic E-state index is 0.0173. The second kappa shape index (κ2) is 6.60. The molecule has 6 nitrogen and oxygen atoms in total. The van der Waals surface area contributed by atoms with E-state index < -0.39 is 10.8 Å². The number of ether oxygens (including phenoxy) is 1. The fourth-order valence-electron chi connectivity index (χ4n) is 2.24. The molecule has 1 N–H and O–H groups in total. The molecule has 0 radical (unpaired) electrons. The van der Waals surface area contributed by atoms with Crippen molar-refractivity contribution in [2.75, 3.05) is 6.61 Å². The number of halogens is 2. The van der Waals surface area contributed by atoms with Gasteiger partial charge in [-0.05, 0) is 25.8 Å². The summed E-state index contributed by atoms with van der Waals surface area (Å²) in [6.07, 6.45) is 1.49. The summed E-state index contributed by atoms with van der Waals surface area (Å²) in [6, 6.07) is 2.44. The summed E-state index contributed by atoms with van der Waals surface area (Å²) < 4.78 is 5.40. The molecule has 21 heavy (non-hydrogen) atoms. The fraction of sp³-hybridized carbons (Fsp3) is 0.462. The number of nitrogens with one attached hydrogen (secondary N) is 1. The Hall–Kier alpha value is -1.37. The van der Waals surface area contributed by atoms with E-state index in [1.54, 1.807) is 0 Å². The second-order valence-electron chi connectivity index (χ2n) is 4.92. The van der Waals surface area contributed by atoms with Crippen molar-refractivity contribution in [2.45, 2.75) is 31.9 Å². The van der Waals surface area contributed by atoms with E-state index in [0.717, 1.165) is 6.07 Å². The first-order valence-electron chi connectivity index (χ1n) is 6.44. The molecule has 0 bridgehead atoms. The Morgan fingerprint density at radius 3 is 2.81 bits per heavy atom. The predicted octanol–water partition coefficient (Wildman–Crippen LogP) is 3.20. The largest absolute Gasteiger partial charge is 0.378 e. The summed E-state index contributed by atoms with van der Waals surface area (Å²) in [4.78, 5) is 22.4. The summed E-state index contributed by atoms with van der Waals surface area (Å²) in [7, 11) is 0. The van der Waals surface area contributed by atoms with Crippen molar-refractivity contribution in [2.24, 2.45) is 0 Å². The molecule has 1 aromatic carbocycles. The molecule has 8 heteroatoms. The molecule has 0 aromatic heterocycles. The highest BCUT2D eigenvalue weighted by Gasteiger charge is 2.24. The fourth-order valence-corrected chi connectivity index (χ4v) is 2.63. The Labute approximate surface area is 131 Å². The number of nitro benzene ring substituents is 1. The molecule has 1 saturated heterocycles. The molecule has 1 amide bonds. The maximum Gasteiger partial charge on any atom is 0.290 e. The van der Waals surface area contributed by atoms with Crippen LogP contribution in [-0.2, 0) is 4.74 Å². The third-order valence-corrected chi connectivity index (χ3v) is 4.08. The zero-order valence-corrected chi connectivity index (χ0v) is 12.8. The summed E-state index contributed by atoms with van der Waals surface area (Å²) in [5.74, 6) is -0.407. The standard InChI is InChI=1S/C13H14Cl2N2O4/c1-7-4-9(2-3-21-7)16-13(18)8-5-10(14)12(15)11(6-8)17(19)20/h5-7,9H,2-4H2,1H3,(H,16,18). The molecule has 114 valence electrons. The third kappa shape index (κ3) is 3.84. The molecule has 0 saturated carbocycles. The van der Waals surface area contributed by atoms with Crippen LogP contribution in [0.5, 0.6) is 0 Å². The second-order valence-corrected chi connectivity index (χ2v) is 5.71. The van der Waals surface area contributed by atoms with Crippen molar-refractivity contribution in [3.8, 4) is 0 Å². The van der Waals surface area contributed by atoms with Gasteiger partial charge in [0.25, 0.3) is 11.6 Å². The summed E-state index contributed by atoms with van der Waals surface area (Å²) >= 11 is 11.6. The Kier molecular flexibility index (Phi) is 5.03. The predicted molar refractivity (Wildman–Crippen MR) is 79.0 cm³/mol. The summed E-state index contributed by atoms with van der Waals surface area (Å²) in [6.45, 7) is 2.51. The lowest BCUT2D eigenvalue weighted by Gasteiger charge is -2.27. The van der Waals surface area contributed by atoms with E-state index in [2.05, 4.69) is 5.32 Å². The van der Waals surface area contributed by atoms with Gasteiger partial charge in [0.15, 0.2) is 0 Å². The zero-order valence-electron chi connectivity index (χ0n) is 11.3. The van der Waals surface area contributed by atoms with Crippen LogP contribution in [0.15, 0.2) is 12.1 Å². The monoisotopic (exact) mass is 332 g/mol. The number of hydrogen-bond donors (Lipinski definition) is 1. The number of carbonyl (C=O) groups excluding carboxylic acids is 1. The van der Waals surface area contributed by atoms with Gasteiger partial charge in [-0.15, -0.1) is 0 Å². The molecule has 2 atom stereocenters. The first-order chi connectivity index (χ1) is 9.88. The molecule has 0 aliphatic carbocycles. The van der Waals surface area contributed by atoms with E-state index in [-0.39, 0.29) is 33.4 Å². The van der Waals surface area contributed by atoms with Gasteiger partial charge >= 0.3 is 0 Å². The minimum atomic E-state index is -0.665. The molecule has 1 aliphatic rings. The van der Waals surface area contributed by atoms with Gasteiger partial charge in [-0.2, -0.15) is 0 Å². The Morgan fingerprint density at radius 1 is 1.48 bits per heavy atom. The Bertz CT molecular complexity index is 580. The van der Waals surface area contributed by atoms with Crippen molar-refractivity contribution in [3.63, 3.8) is 0 Å². The molecule has 1 fully saturated rings. The van der Waals surface area contributed by atoms with Crippen molar-refractivity contribution in [1.82, 2.24) is 5.32 Å². The first kappa shape index (κ1) is 16.0. The highest BCUT2D eigenvalue weighted by atomic mass is 35.5. The van der Waals surface area contributed by atoms with E-state index in [0.29, 0.717) is 19.4 Å². The van der Waals surface area contributed by atoms with Gasteiger partial charge in [0.2, 0.25) is 0 Å². The maximum absolute atomic E-state index is 12.2. The van der Waals surface area contributed by atoms with E-state index in [1.807, 2.05) is 6.92 Å². The highest BCUT2D eigenvalue weighted by Crippen LogP contribution is 2.33. The highest BCUT2D eigenvalue weighted by molar-refractivity contribution is 6.43. The van der Waals surface area contributed by atoms with Crippen LogP contribution in [0.1, 0.15) is 30.1 Å². The van der Waals surface area contributed by atoms with Crippen LogP contribution < -0.4 is 5.32 Å². The van der Waals surface area contributed by atoms with Crippen LogP contribution in [0.2, 0.25) is 10.0 Å². The molecule has 2 unspecified atom stereocenters. The van der Waals surface area contributed by atoms with E-state index in [9.17, 15) is 14.9 Å². The van der Waals surface area contributed by atoms with Crippen LogP contribution in [-0.4, -0.2) is 29.6 Å². The smallest absolute Gasteiger partial charge is 0.290 e. The molecular weight excluding hydrogens is 319 g/mol. The lowest BCUT2D eigenvalue weighted by molar-refractivity contribution is -0.384. The lowest BCUT2D eigenvalue weighted by atomic mass is 10.0. The van der Waals surface area contributed by atoms with Crippen molar-refractivity contribution >= 4 is 34.8 Å². The minimum Gasteiger partial charge on any atom is -0.378 e. The molecule has 1 aromatic rings. The number of nitrogens with zero attached hydrogens (tertiary/aromatic N) is 1. The Morgan fingerprint density at radius 2 is 2.19 bits per heavy atom. The van der Waals surface area contributed by atoms with Crippen LogP contribution in [0.3, 0.4) is 0 Å². The van der Waals surface area contributed by atoms with Crippen LogP contribution >= 0.6 is 23.2 Å². The lowest BCUT2D eigenvalue weighted by Crippen LogP contribution is -2.41. The van der Waals surface area contributed by atoms with E-state index >= 15 is 0 Å². The van der Waals surface area contributed by atoms with E-state index in [1.165, 1.54) is 6.07 Å². The topological polar surface area (TPSA) is 81.5 Å². The van der Waals surface area contributed by atoms with Gasteiger partial charge in [0.1, 0.15) is 5.02 Å². The normalized spacial score (nSPS) is 21.9. The van der Waals surface area contributed by atoms with Crippen LogP contribution in [0.4, 0.5) is 5.69 Å². The number of nitro groups is 1.